The van der Waals surface area contributed by atoms with Crippen LogP contribution in [-0.4, -0.2) is 29.4 Å². The van der Waals surface area contributed by atoms with Crippen molar-refractivity contribution in [1.82, 2.24) is 0 Å². The molecule has 0 amide bonds. The Labute approximate surface area is 177 Å². The molecule has 4 bridgehead atoms. The first kappa shape index (κ1) is 22.5. The van der Waals surface area contributed by atoms with E-state index in [1.807, 2.05) is 0 Å². The first-order chi connectivity index (χ1) is 12.3. The van der Waals surface area contributed by atoms with Gasteiger partial charge in [0.05, 0.1) is 21.0 Å². The molecule has 3 heterocycles. The number of fused-ring (bicyclic) bond motifs is 6. The zero-order chi connectivity index (χ0) is 21.8. The second kappa shape index (κ2) is 6.15. The molecule has 160 valence electrons. The molecule has 3 aliphatic heterocycles. The van der Waals surface area contributed by atoms with Crippen LogP contribution in [-0.2, 0) is 21.6 Å². The van der Waals surface area contributed by atoms with Crippen molar-refractivity contribution in [2.24, 2.45) is 21.7 Å². The predicted molar refractivity (Wildman–Crippen MR) is 123 cm³/mol. The van der Waals surface area contributed by atoms with Gasteiger partial charge >= 0.3 is 0 Å². The molecule has 0 saturated carbocycles. The molecular formula is C24H40O2S2. The van der Waals surface area contributed by atoms with Gasteiger partial charge in [-0.2, -0.15) is 0 Å². The third-order valence-corrected chi connectivity index (χ3v) is 10.9. The summed E-state index contributed by atoms with van der Waals surface area (Å²) in [4.78, 5) is 0. The van der Waals surface area contributed by atoms with Gasteiger partial charge in [-0.25, -0.2) is 0 Å². The average Bonchev–Trinajstić information content (AvgIpc) is 2.77. The van der Waals surface area contributed by atoms with Crippen molar-refractivity contribution >= 4 is 21.6 Å². The zero-order valence-corrected chi connectivity index (χ0v) is 21.6. The van der Waals surface area contributed by atoms with Gasteiger partial charge in [0, 0.05) is 21.6 Å². The van der Waals surface area contributed by atoms with Crippen LogP contribution in [0.15, 0.2) is 22.3 Å². The summed E-state index contributed by atoms with van der Waals surface area (Å²) in [6.45, 7) is 26.9. The molecule has 2 nitrogen and oxygen atoms in total. The Morgan fingerprint density at radius 2 is 0.571 bits per heavy atom. The zero-order valence-electron chi connectivity index (χ0n) is 19.9. The fourth-order valence-electron chi connectivity index (χ4n) is 5.81. The van der Waals surface area contributed by atoms with Crippen LogP contribution in [0.4, 0.5) is 0 Å². The van der Waals surface area contributed by atoms with Crippen molar-refractivity contribution in [1.29, 1.82) is 0 Å². The summed E-state index contributed by atoms with van der Waals surface area (Å²) < 4.78 is 27.9. The van der Waals surface area contributed by atoms with Crippen molar-refractivity contribution < 1.29 is 8.42 Å². The lowest BCUT2D eigenvalue weighted by Gasteiger charge is -2.38. The van der Waals surface area contributed by atoms with E-state index in [-0.39, 0.29) is 42.7 Å². The minimum atomic E-state index is -1.01. The first-order valence-electron chi connectivity index (χ1n) is 10.6. The fraction of sp³-hybridized carbons (Fsp3) is 0.833. The van der Waals surface area contributed by atoms with Crippen LogP contribution in [0.3, 0.4) is 0 Å². The van der Waals surface area contributed by atoms with E-state index in [1.165, 1.54) is 22.3 Å². The lowest BCUT2D eigenvalue weighted by Crippen LogP contribution is -2.48. The van der Waals surface area contributed by atoms with E-state index in [0.29, 0.717) is 0 Å². The van der Waals surface area contributed by atoms with Crippen LogP contribution in [0.5, 0.6) is 0 Å². The van der Waals surface area contributed by atoms with Crippen LogP contribution >= 0.6 is 0 Å². The third-order valence-electron chi connectivity index (χ3n) is 6.50. The molecular weight excluding hydrogens is 384 g/mol. The summed E-state index contributed by atoms with van der Waals surface area (Å²) in [5.41, 5.74) is 5.04. The maximum Gasteiger partial charge on any atom is 0.0753 e. The Morgan fingerprint density at radius 3 is 0.679 bits per heavy atom. The molecule has 3 aliphatic rings. The van der Waals surface area contributed by atoms with Gasteiger partial charge in [0.25, 0.3) is 0 Å². The van der Waals surface area contributed by atoms with Crippen molar-refractivity contribution in [3.05, 3.63) is 22.3 Å². The molecule has 3 rings (SSSR count). The predicted octanol–water partition coefficient (Wildman–Crippen LogP) is 5.78. The van der Waals surface area contributed by atoms with E-state index in [1.54, 1.807) is 0 Å². The van der Waals surface area contributed by atoms with Crippen molar-refractivity contribution in [2.75, 3.05) is 0 Å². The normalized spacial score (nSPS) is 36.6. The highest BCUT2D eigenvalue weighted by molar-refractivity contribution is 7.95. The van der Waals surface area contributed by atoms with Crippen LogP contribution < -0.4 is 0 Å². The van der Waals surface area contributed by atoms with Gasteiger partial charge in [-0.15, -0.1) is 0 Å². The van der Waals surface area contributed by atoms with Gasteiger partial charge in [-0.1, -0.05) is 83.1 Å². The molecule has 4 heteroatoms. The van der Waals surface area contributed by atoms with Crippen LogP contribution in [0, 0.1) is 21.7 Å². The number of hydrogen-bond acceptors (Lipinski definition) is 2. The molecule has 2 unspecified atom stereocenters. The molecule has 0 aromatic carbocycles. The fourth-order valence-corrected chi connectivity index (χ4v) is 12.1. The maximum absolute atomic E-state index is 14.0. The minimum Gasteiger partial charge on any atom is -0.258 e. The van der Waals surface area contributed by atoms with Gasteiger partial charge < -0.3 is 0 Å². The van der Waals surface area contributed by atoms with Crippen molar-refractivity contribution in [3.63, 3.8) is 0 Å². The highest BCUT2D eigenvalue weighted by Crippen LogP contribution is 2.62. The topological polar surface area (TPSA) is 34.1 Å². The SMILES string of the molecule is CC(C)(C)C1=C(C(C)(C)C)[C@H]2[C@@H]3C(C(C)(C)C)=C(C(C)(C)C)[C@H]([C@@H]1S2=O)S3=O. The Morgan fingerprint density at radius 1 is 0.429 bits per heavy atom. The van der Waals surface area contributed by atoms with E-state index in [0.717, 1.165) is 0 Å². The van der Waals surface area contributed by atoms with Gasteiger partial charge in [-0.05, 0) is 44.0 Å². The lowest BCUT2D eigenvalue weighted by atomic mass is 9.65. The molecule has 0 aromatic rings. The highest BCUT2D eigenvalue weighted by atomic mass is 32.2. The standard InChI is InChI=1S/C24H40O2S2/c1-21(2,3)13-14(22(4,5)6)18-20-16(24(10,11)12)15(23(7,8)9)19(28(20)26)17(13)27(18)25/h17-20H,1-12H3/t17-,18+,19-,20+,27?,28?. The highest BCUT2D eigenvalue weighted by Gasteiger charge is 2.66. The Kier molecular flexibility index (Phi) is 4.94. The van der Waals surface area contributed by atoms with Gasteiger partial charge in [0.15, 0.2) is 0 Å². The van der Waals surface area contributed by atoms with E-state index < -0.39 is 21.6 Å². The average molecular weight is 425 g/mol. The monoisotopic (exact) mass is 424 g/mol. The molecule has 28 heavy (non-hydrogen) atoms. The van der Waals surface area contributed by atoms with Gasteiger partial charge in [0.1, 0.15) is 0 Å². The molecule has 0 radical (unpaired) electrons. The smallest absolute Gasteiger partial charge is 0.0753 e. The van der Waals surface area contributed by atoms with Crippen LogP contribution in [0.1, 0.15) is 83.1 Å². The summed E-state index contributed by atoms with van der Waals surface area (Å²) in [6, 6.07) is 0. The number of hydrogen-bond donors (Lipinski definition) is 0. The summed E-state index contributed by atoms with van der Waals surface area (Å²) in [5, 5.41) is -0.425. The summed E-state index contributed by atoms with van der Waals surface area (Å²) in [5.74, 6) is 0. The van der Waals surface area contributed by atoms with Crippen LogP contribution in [0.2, 0.25) is 0 Å². The van der Waals surface area contributed by atoms with E-state index in [2.05, 4.69) is 83.1 Å². The lowest BCUT2D eigenvalue weighted by molar-refractivity contribution is 0.402. The molecule has 0 aliphatic carbocycles. The van der Waals surface area contributed by atoms with Crippen molar-refractivity contribution in [3.8, 4) is 0 Å². The molecule has 0 aromatic heterocycles. The molecule has 0 N–H and O–H groups in total. The Hall–Kier alpha value is -0.220. The van der Waals surface area contributed by atoms with Gasteiger partial charge in [-0.3, -0.25) is 8.42 Å². The van der Waals surface area contributed by atoms with Gasteiger partial charge in [0.2, 0.25) is 0 Å². The minimum absolute atomic E-state index is 0.0722. The molecule has 6 atom stereocenters. The quantitative estimate of drug-likeness (QED) is 0.462. The van der Waals surface area contributed by atoms with E-state index >= 15 is 0 Å². The summed E-state index contributed by atoms with van der Waals surface area (Å²) in [6.07, 6.45) is 0. The Balaban J connectivity index is 2.41. The Bertz CT molecular complexity index is 683. The molecule has 1 saturated heterocycles. The van der Waals surface area contributed by atoms with E-state index in [4.69, 9.17) is 0 Å². The summed E-state index contributed by atoms with van der Waals surface area (Å²) in [7, 11) is -2.02. The number of rotatable bonds is 0. The second-order valence-electron chi connectivity index (χ2n) is 13.0. The second-order valence-corrected chi connectivity index (χ2v) is 16.3. The largest absolute Gasteiger partial charge is 0.258 e. The van der Waals surface area contributed by atoms with Crippen LogP contribution in [0.25, 0.3) is 0 Å². The third kappa shape index (κ3) is 3.07. The maximum atomic E-state index is 14.0. The van der Waals surface area contributed by atoms with E-state index in [9.17, 15) is 8.42 Å². The molecule has 0 spiro atoms. The summed E-state index contributed by atoms with van der Waals surface area (Å²) >= 11 is 0. The first-order valence-corrected chi connectivity index (χ1v) is 13.1. The molecule has 1 fully saturated rings. The van der Waals surface area contributed by atoms with Crippen molar-refractivity contribution in [2.45, 2.75) is 104 Å².